The first-order valence-corrected chi connectivity index (χ1v) is 7.04. The van der Waals surface area contributed by atoms with Gasteiger partial charge in [0.1, 0.15) is 0 Å². The summed E-state index contributed by atoms with van der Waals surface area (Å²) in [5.74, 6) is -1.19. The van der Waals surface area contributed by atoms with Gasteiger partial charge in [-0.1, -0.05) is 12.1 Å². The number of benzene rings is 1. The zero-order chi connectivity index (χ0) is 15.4. The van der Waals surface area contributed by atoms with E-state index < -0.39 is 5.97 Å². The number of rotatable bonds is 3. The van der Waals surface area contributed by atoms with E-state index in [0.29, 0.717) is 25.1 Å². The summed E-state index contributed by atoms with van der Waals surface area (Å²) in [4.78, 5) is 24.9. The maximum Gasteiger partial charge on any atom is 0.306 e. The number of carbonyl (C=O) groups excluding carboxylic acids is 1. The second-order valence-corrected chi connectivity index (χ2v) is 5.44. The molecule has 0 aliphatic carbocycles. The van der Waals surface area contributed by atoms with Crippen molar-refractivity contribution in [3.8, 4) is 0 Å². The van der Waals surface area contributed by atoms with E-state index in [2.05, 4.69) is 0 Å². The molecule has 1 saturated heterocycles. The molecule has 2 rings (SSSR count). The predicted octanol–water partition coefficient (Wildman–Crippen LogP) is 1.99. The third-order valence-corrected chi connectivity index (χ3v) is 3.86. The fraction of sp³-hybridized carbons (Fsp3) is 0.375. The van der Waals surface area contributed by atoms with Crippen molar-refractivity contribution < 1.29 is 14.7 Å². The van der Waals surface area contributed by atoms with Crippen molar-refractivity contribution in [2.45, 2.75) is 25.8 Å². The third kappa shape index (κ3) is 3.84. The van der Waals surface area contributed by atoms with E-state index in [9.17, 15) is 9.59 Å². The van der Waals surface area contributed by atoms with Crippen LogP contribution in [-0.4, -0.2) is 34.5 Å². The molecule has 3 N–H and O–H groups in total. The quantitative estimate of drug-likeness (QED) is 0.658. The Morgan fingerprint density at radius 3 is 2.57 bits per heavy atom. The van der Waals surface area contributed by atoms with Gasteiger partial charge in [0.2, 0.25) is 5.91 Å². The van der Waals surface area contributed by atoms with Gasteiger partial charge in [0.25, 0.3) is 0 Å². The molecule has 1 aromatic carbocycles. The molecular weight excluding hydrogens is 268 g/mol. The summed E-state index contributed by atoms with van der Waals surface area (Å²) in [7, 11) is 0. The van der Waals surface area contributed by atoms with Crippen molar-refractivity contribution >= 4 is 23.6 Å². The van der Waals surface area contributed by atoms with Gasteiger partial charge in [-0.05, 0) is 43.5 Å². The summed E-state index contributed by atoms with van der Waals surface area (Å²) < 4.78 is 0. The average molecular weight is 288 g/mol. The molecule has 2 atom stereocenters. The number of nitrogen functional groups attached to an aromatic ring is 1. The number of carboxylic acids is 1. The second-order valence-electron chi connectivity index (χ2n) is 5.44. The predicted molar refractivity (Wildman–Crippen MR) is 81.4 cm³/mol. The van der Waals surface area contributed by atoms with Gasteiger partial charge in [0.05, 0.1) is 5.92 Å². The van der Waals surface area contributed by atoms with Gasteiger partial charge in [-0.2, -0.15) is 0 Å². The number of hydrogen-bond donors (Lipinski definition) is 2. The number of nitrogens with two attached hydrogens (primary N) is 1. The third-order valence-electron chi connectivity index (χ3n) is 3.86. The van der Waals surface area contributed by atoms with Gasteiger partial charge in [0.15, 0.2) is 0 Å². The lowest BCUT2D eigenvalue weighted by Gasteiger charge is -2.35. The molecule has 1 heterocycles. The topological polar surface area (TPSA) is 83.6 Å². The molecule has 0 bridgehead atoms. The fourth-order valence-corrected chi connectivity index (χ4v) is 2.59. The number of piperidine rings is 1. The first-order valence-electron chi connectivity index (χ1n) is 7.04. The summed E-state index contributed by atoms with van der Waals surface area (Å²) in [6, 6.07) is 7.21. The molecule has 5 nitrogen and oxygen atoms in total. The molecule has 0 spiro atoms. The van der Waals surface area contributed by atoms with Crippen molar-refractivity contribution in [2.75, 3.05) is 12.3 Å². The Balaban J connectivity index is 1.97. The van der Waals surface area contributed by atoms with Gasteiger partial charge in [-0.3, -0.25) is 9.59 Å². The summed E-state index contributed by atoms with van der Waals surface area (Å²) in [6.45, 7) is 2.38. The standard InChI is InChI=1S/C16H20N2O3/c1-11-10-13(16(20)21)8-9-18(11)15(19)7-4-12-2-5-14(17)6-3-12/h2-7,11,13H,8-10,17H2,1H3,(H,20,21)/b7-4+. The van der Waals surface area contributed by atoms with E-state index >= 15 is 0 Å². The lowest BCUT2D eigenvalue weighted by Crippen LogP contribution is -2.45. The summed E-state index contributed by atoms with van der Waals surface area (Å²) >= 11 is 0. The lowest BCUT2D eigenvalue weighted by molar-refractivity contribution is -0.146. The van der Waals surface area contributed by atoms with Gasteiger partial charge in [-0.25, -0.2) is 0 Å². The van der Waals surface area contributed by atoms with E-state index in [1.54, 1.807) is 23.1 Å². The molecule has 0 aromatic heterocycles. The Labute approximate surface area is 124 Å². The van der Waals surface area contributed by atoms with Crippen molar-refractivity contribution in [2.24, 2.45) is 5.92 Å². The molecule has 1 amide bonds. The normalized spacial score (nSPS) is 22.4. The van der Waals surface area contributed by atoms with Crippen molar-refractivity contribution in [1.29, 1.82) is 0 Å². The van der Waals surface area contributed by atoms with E-state index in [1.165, 1.54) is 6.08 Å². The number of nitrogens with zero attached hydrogens (tertiary/aromatic N) is 1. The number of hydrogen-bond acceptors (Lipinski definition) is 3. The lowest BCUT2D eigenvalue weighted by atomic mass is 9.91. The Kier molecular flexibility index (Phi) is 4.62. The highest BCUT2D eigenvalue weighted by molar-refractivity contribution is 5.92. The monoisotopic (exact) mass is 288 g/mol. The zero-order valence-electron chi connectivity index (χ0n) is 12.0. The van der Waals surface area contributed by atoms with Crippen LogP contribution in [0.1, 0.15) is 25.3 Å². The molecule has 2 unspecified atom stereocenters. The van der Waals surface area contributed by atoms with Crippen LogP contribution in [0.5, 0.6) is 0 Å². The number of amides is 1. The minimum Gasteiger partial charge on any atom is -0.481 e. The van der Waals surface area contributed by atoms with Crippen LogP contribution in [-0.2, 0) is 9.59 Å². The largest absolute Gasteiger partial charge is 0.481 e. The fourth-order valence-electron chi connectivity index (χ4n) is 2.59. The van der Waals surface area contributed by atoms with E-state index in [0.717, 1.165) is 5.56 Å². The van der Waals surface area contributed by atoms with Crippen LogP contribution in [0.4, 0.5) is 5.69 Å². The maximum atomic E-state index is 12.2. The molecule has 21 heavy (non-hydrogen) atoms. The second kappa shape index (κ2) is 6.43. The minimum absolute atomic E-state index is 0.0524. The molecule has 1 aliphatic rings. The Bertz CT molecular complexity index is 551. The molecule has 5 heteroatoms. The smallest absolute Gasteiger partial charge is 0.306 e. The van der Waals surface area contributed by atoms with Crippen LogP contribution in [0.15, 0.2) is 30.3 Å². The van der Waals surface area contributed by atoms with Crippen LogP contribution in [0, 0.1) is 5.92 Å². The Hall–Kier alpha value is -2.30. The number of carboxylic acid groups (broad SMARTS) is 1. The number of carbonyl (C=O) groups is 2. The Morgan fingerprint density at radius 1 is 1.33 bits per heavy atom. The molecular formula is C16H20N2O3. The first kappa shape index (κ1) is 15.1. The minimum atomic E-state index is -0.772. The van der Waals surface area contributed by atoms with Crippen molar-refractivity contribution in [3.63, 3.8) is 0 Å². The van der Waals surface area contributed by atoms with Crippen LogP contribution in [0.3, 0.4) is 0 Å². The molecule has 1 aromatic rings. The Morgan fingerprint density at radius 2 is 2.00 bits per heavy atom. The molecule has 1 aliphatic heterocycles. The number of aliphatic carboxylic acids is 1. The molecule has 0 radical (unpaired) electrons. The molecule has 112 valence electrons. The van der Waals surface area contributed by atoms with E-state index in [1.807, 2.05) is 19.1 Å². The molecule has 1 fully saturated rings. The summed E-state index contributed by atoms with van der Waals surface area (Å²) in [6.07, 6.45) is 4.30. The van der Waals surface area contributed by atoms with Crippen LogP contribution in [0.2, 0.25) is 0 Å². The van der Waals surface area contributed by atoms with E-state index in [-0.39, 0.29) is 17.9 Å². The van der Waals surface area contributed by atoms with Crippen molar-refractivity contribution in [1.82, 2.24) is 4.90 Å². The van der Waals surface area contributed by atoms with Gasteiger partial charge in [-0.15, -0.1) is 0 Å². The summed E-state index contributed by atoms with van der Waals surface area (Å²) in [5.41, 5.74) is 7.20. The van der Waals surface area contributed by atoms with Gasteiger partial charge < -0.3 is 15.7 Å². The van der Waals surface area contributed by atoms with Crippen molar-refractivity contribution in [3.05, 3.63) is 35.9 Å². The van der Waals surface area contributed by atoms with E-state index in [4.69, 9.17) is 10.8 Å². The van der Waals surface area contributed by atoms with Crippen LogP contribution < -0.4 is 5.73 Å². The average Bonchev–Trinajstić information content (AvgIpc) is 2.46. The highest BCUT2D eigenvalue weighted by Gasteiger charge is 2.31. The van der Waals surface area contributed by atoms with Crippen LogP contribution in [0.25, 0.3) is 6.08 Å². The summed E-state index contributed by atoms with van der Waals surface area (Å²) in [5, 5.41) is 9.03. The maximum absolute atomic E-state index is 12.2. The van der Waals surface area contributed by atoms with Crippen LogP contribution >= 0.6 is 0 Å². The highest BCUT2D eigenvalue weighted by atomic mass is 16.4. The highest BCUT2D eigenvalue weighted by Crippen LogP contribution is 2.23. The van der Waals surface area contributed by atoms with Gasteiger partial charge >= 0.3 is 5.97 Å². The first-order chi connectivity index (χ1) is 9.97. The number of anilines is 1. The number of likely N-dealkylation sites (tertiary alicyclic amines) is 1. The SMILES string of the molecule is CC1CC(C(=O)O)CCN1C(=O)/C=C/c1ccc(N)cc1. The molecule has 0 saturated carbocycles. The zero-order valence-corrected chi connectivity index (χ0v) is 12.0. The van der Waals surface area contributed by atoms with Gasteiger partial charge in [0, 0.05) is 24.4 Å².